The van der Waals surface area contributed by atoms with Gasteiger partial charge in [-0.1, -0.05) is 0 Å². The van der Waals surface area contributed by atoms with Crippen LogP contribution in [0.5, 0.6) is 5.75 Å². The predicted octanol–water partition coefficient (Wildman–Crippen LogP) is 2.42. The van der Waals surface area contributed by atoms with Crippen molar-refractivity contribution in [3.8, 4) is 5.75 Å². The van der Waals surface area contributed by atoms with E-state index in [1.54, 1.807) is 0 Å². The van der Waals surface area contributed by atoms with Crippen LogP contribution in [-0.4, -0.2) is 17.1 Å². The van der Waals surface area contributed by atoms with Crippen LogP contribution in [0.1, 0.15) is 17.4 Å². The Labute approximate surface area is 107 Å². The summed E-state index contributed by atoms with van der Waals surface area (Å²) in [7, 11) is 1.39. The number of nitro groups is 1. The Morgan fingerprint density at radius 2 is 2.16 bits per heavy atom. The van der Waals surface area contributed by atoms with E-state index in [1.165, 1.54) is 25.3 Å². The molecular weight excluding hydrogens is 257 g/mol. The first-order valence-electron chi connectivity index (χ1n) is 5.28. The molecule has 1 aromatic carbocycles. The van der Waals surface area contributed by atoms with E-state index in [-0.39, 0.29) is 11.3 Å². The van der Waals surface area contributed by atoms with Crippen LogP contribution >= 0.6 is 0 Å². The van der Waals surface area contributed by atoms with Crippen LogP contribution in [0.3, 0.4) is 0 Å². The summed E-state index contributed by atoms with van der Waals surface area (Å²) in [6, 6.07) is 6.23. The zero-order chi connectivity index (χ0) is 14.0. The molecule has 100 valence electrons. The van der Waals surface area contributed by atoms with Crippen molar-refractivity contribution in [1.82, 2.24) is 0 Å². The summed E-state index contributed by atoms with van der Waals surface area (Å²) < 4.78 is 23.4. The fourth-order valence-electron chi connectivity index (χ4n) is 1.60. The maximum absolute atomic E-state index is 13.7. The normalized spacial score (nSPS) is 12.2. The minimum atomic E-state index is -1.42. The average molecular weight is 267 g/mol. The van der Waals surface area contributed by atoms with Crippen molar-refractivity contribution in [3.05, 3.63) is 57.6 Å². The summed E-state index contributed by atoms with van der Waals surface area (Å²) >= 11 is 0. The lowest BCUT2D eigenvalue weighted by Crippen LogP contribution is -2.01. The number of hydrogen-bond donors (Lipinski definition) is 1. The van der Waals surface area contributed by atoms with Gasteiger partial charge in [-0.3, -0.25) is 10.1 Å². The molecule has 1 unspecified atom stereocenters. The highest BCUT2D eigenvalue weighted by molar-refractivity contribution is 5.34. The molecule has 0 spiro atoms. The Bertz CT molecular complexity index is 610. The van der Waals surface area contributed by atoms with Crippen LogP contribution in [0.2, 0.25) is 0 Å². The van der Waals surface area contributed by atoms with E-state index >= 15 is 0 Å². The van der Waals surface area contributed by atoms with Crippen LogP contribution < -0.4 is 4.74 Å². The zero-order valence-electron chi connectivity index (χ0n) is 9.87. The zero-order valence-corrected chi connectivity index (χ0v) is 9.87. The molecule has 1 atom stereocenters. The number of halogens is 1. The van der Waals surface area contributed by atoms with Gasteiger partial charge in [-0.25, -0.2) is 4.39 Å². The van der Waals surface area contributed by atoms with Gasteiger partial charge in [-0.05, 0) is 18.2 Å². The molecule has 1 aromatic heterocycles. The van der Waals surface area contributed by atoms with Crippen molar-refractivity contribution in [1.29, 1.82) is 0 Å². The third-order valence-electron chi connectivity index (χ3n) is 2.56. The van der Waals surface area contributed by atoms with E-state index in [4.69, 9.17) is 9.15 Å². The van der Waals surface area contributed by atoms with Crippen LogP contribution in [0.25, 0.3) is 0 Å². The van der Waals surface area contributed by atoms with Gasteiger partial charge in [0.05, 0.1) is 13.2 Å². The van der Waals surface area contributed by atoms with Crippen molar-refractivity contribution in [2.75, 3.05) is 7.11 Å². The molecular formula is C12H10FNO5. The second-order valence-corrected chi connectivity index (χ2v) is 3.72. The second-order valence-electron chi connectivity index (χ2n) is 3.72. The summed E-state index contributed by atoms with van der Waals surface area (Å²) in [5.74, 6) is -0.997. The number of nitrogens with zero attached hydrogens (tertiary/aromatic N) is 1. The fraction of sp³-hybridized carbons (Fsp3) is 0.167. The molecule has 0 aliphatic heterocycles. The molecule has 1 heterocycles. The van der Waals surface area contributed by atoms with Gasteiger partial charge in [0.1, 0.15) is 28.4 Å². The summed E-state index contributed by atoms with van der Waals surface area (Å²) in [4.78, 5) is 9.73. The minimum Gasteiger partial charge on any atom is -0.497 e. The molecule has 7 heteroatoms. The summed E-state index contributed by atoms with van der Waals surface area (Å²) in [6.07, 6.45) is -1.42. The Balaban J connectivity index is 2.32. The number of furan rings is 1. The highest BCUT2D eigenvalue weighted by Gasteiger charge is 2.22. The maximum atomic E-state index is 13.7. The van der Waals surface area contributed by atoms with Gasteiger partial charge in [-0.15, -0.1) is 0 Å². The molecule has 6 nitrogen and oxygen atoms in total. The van der Waals surface area contributed by atoms with Gasteiger partial charge in [0.15, 0.2) is 0 Å². The summed E-state index contributed by atoms with van der Waals surface area (Å²) in [6.45, 7) is 0. The SMILES string of the molecule is COc1ccc(C(O)c2ccc([N+](=O)[O-])o2)c(F)c1. The largest absolute Gasteiger partial charge is 0.497 e. The first-order valence-corrected chi connectivity index (χ1v) is 5.28. The Morgan fingerprint density at radius 3 is 2.68 bits per heavy atom. The van der Waals surface area contributed by atoms with Crippen LogP contribution in [0, 0.1) is 15.9 Å². The van der Waals surface area contributed by atoms with Gasteiger partial charge in [0.2, 0.25) is 0 Å². The predicted molar refractivity (Wildman–Crippen MR) is 62.4 cm³/mol. The topological polar surface area (TPSA) is 85.7 Å². The number of rotatable bonds is 4. The van der Waals surface area contributed by atoms with E-state index in [0.29, 0.717) is 5.75 Å². The first-order chi connectivity index (χ1) is 9.02. The number of benzene rings is 1. The molecule has 19 heavy (non-hydrogen) atoms. The molecule has 0 bridgehead atoms. The Hall–Kier alpha value is -2.41. The molecule has 0 amide bonds. The molecule has 0 aliphatic carbocycles. The van der Waals surface area contributed by atoms with Crippen LogP contribution in [-0.2, 0) is 0 Å². The lowest BCUT2D eigenvalue weighted by atomic mass is 10.1. The molecule has 0 saturated heterocycles. The maximum Gasteiger partial charge on any atom is 0.433 e. The van der Waals surface area contributed by atoms with Crippen LogP contribution in [0.15, 0.2) is 34.7 Å². The molecule has 2 aromatic rings. The monoisotopic (exact) mass is 267 g/mol. The molecule has 2 rings (SSSR count). The van der Waals surface area contributed by atoms with Gasteiger partial charge in [0, 0.05) is 11.6 Å². The Morgan fingerprint density at radius 1 is 1.42 bits per heavy atom. The van der Waals surface area contributed by atoms with E-state index in [1.807, 2.05) is 0 Å². The third-order valence-corrected chi connectivity index (χ3v) is 2.56. The third kappa shape index (κ3) is 2.55. The second kappa shape index (κ2) is 5.07. The number of ether oxygens (including phenoxy) is 1. The van der Waals surface area contributed by atoms with E-state index in [0.717, 1.165) is 12.1 Å². The number of aliphatic hydroxyl groups is 1. The van der Waals surface area contributed by atoms with Crippen molar-refractivity contribution >= 4 is 5.88 Å². The molecule has 0 saturated carbocycles. The molecule has 0 radical (unpaired) electrons. The van der Waals surface area contributed by atoms with E-state index in [9.17, 15) is 19.6 Å². The van der Waals surface area contributed by atoms with Crippen molar-refractivity contribution in [2.24, 2.45) is 0 Å². The lowest BCUT2D eigenvalue weighted by Gasteiger charge is -2.10. The number of hydrogen-bond acceptors (Lipinski definition) is 5. The number of methoxy groups -OCH3 is 1. The van der Waals surface area contributed by atoms with Gasteiger partial charge in [0.25, 0.3) is 0 Å². The quantitative estimate of drug-likeness (QED) is 0.679. The van der Waals surface area contributed by atoms with Crippen molar-refractivity contribution in [2.45, 2.75) is 6.10 Å². The first kappa shape index (κ1) is 13.0. The molecule has 0 fully saturated rings. The fourth-order valence-corrected chi connectivity index (χ4v) is 1.60. The highest BCUT2D eigenvalue weighted by atomic mass is 19.1. The van der Waals surface area contributed by atoms with Crippen LogP contribution in [0.4, 0.5) is 10.3 Å². The summed E-state index contributed by atoms with van der Waals surface area (Å²) in [5, 5.41) is 20.4. The standard InChI is InChI=1S/C12H10FNO5/c1-18-7-2-3-8(9(13)6-7)12(15)10-4-5-11(19-10)14(16)17/h2-6,12,15H,1H3. The lowest BCUT2D eigenvalue weighted by molar-refractivity contribution is -0.402. The van der Waals surface area contributed by atoms with Crippen molar-refractivity contribution < 1.29 is 23.6 Å². The van der Waals surface area contributed by atoms with E-state index < -0.39 is 22.7 Å². The minimum absolute atomic E-state index is 0.0509. The summed E-state index contributed by atoms with van der Waals surface area (Å²) in [5.41, 5.74) is -0.0509. The smallest absolute Gasteiger partial charge is 0.433 e. The van der Waals surface area contributed by atoms with Gasteiger partial charge >= 0.3 is 5.88 Å². The highest BCUT2D eigenvalue weighted by Crippen LogP contribution is 2.29. The van der Waals surface area contributed by atoms with E-state index in [2.05, 4.69) is 0 Å². The Kier molecular flexibility index (Phi) is 3.48. The van der Waals surface area contributed by atoms with Crippen molar-refractivity contribution in [3.63, 3.8) is 0 Å². The average Bonchev–Trinajstić information content (AvgIpc) is 2.87. The molecule has 1 N–H and O–H groups in total. The number of aliphatic hydroxyl groups excluding tert-OH is 1. The molecule has 0 aliphatic rings. The van der Waals surface area contributed by atoms with Gasteiger partial charge in [-0.2, -0.15) is 0 Å². The van der Waals surface area contributed by atoms with Gasteiger partial charge < -0.3 is 14.3 Å².